The van der Waals surface area contributed by atoms with Crippen molar-refractivity contribution < 1.29 is 9.21 Å². The molecule has 25 heavy (non-hydrogen) atoms. The summed E-state index contributed by atoms with van der Waals surface area (Å²) in [5.41, 5.74) is 1.79. The minimum absolute atomic E-state index is 0.0969. The van der Waals surface area contributed by atoms with E-state index in [-0.39, 0.29) is 6.04 Å². The van der Waals surface area contributed by atoms with Crippen LogP contribution in [0.25, 0.3) is 11.1 Å². The van der Waals surface area contributed by atoms with E-state index in [2.05, 4.69) is 21.7 Å². The van der Waals surface area contributed by atoms with Gasteiger partial charge in [-0.2, -0.15) is 0 Å². The van der Waals surface area contributed by atoms with Gasteiger partial charge in [-0.1, -0.05) is 25.5 Å². The maximum atomic E-state index is 13.0. The lowest BCUT2D eigenvalue weighted by atomic mass is 9.94. The van der Waals surface area contributed by atoms with Crippen LogP contribution in [0.1, 0.15) is 50.8 Å². The van der Waals surface area contributed by atoms with Gasteiger partial charge in [0.25, 0.3) is 0 Å². The van der Waals surface area contributed by atoms with Crippen molar-refractivity contribution in [3.63, 3.8) is 0 Å². The molecule has 1 aromatic carbocycles. The zero-order valence-electron chi connectivity index (χ0n) is 15.0. The van der Waals surface area contributed by atoms with Crippen LogP contribution in [0.2, 0.25) is 0 Å². The van der Waals surface area contributed by atoms with E-state index in [1.165, 1.54) is 12.8 Å². The van der Waals surface area contributed by atoms with Gasteiger partial charge in [0, 0.05) is 19.0 Å². The van der Waals surface area contributed by atoms with Crippen molar-refractivity contribution in [1.29, 1.82) is 0 Å². The molecule has 4 rings (SSSR count). The second-order valence-electron chi connectivity index (χ2n) is 7.26. The first-order valence-electron chi connectivity index (χ1n) is 9.64. The van der Waals surface area contributed by atoms with Crippen LogP contribution >= 0.6 is 0 Å². The standard InChI is InChI=1S/C20H27N3O2/c1-2-22-12-6-5-8-17(22)20(24)23-13-10-15(11-14-23)19-21-16-7-3-4-9-18(16)25-19/h3-4,7,9,15,17H,2,5-6,8,10-14H2,1H3/t17-/m1/s1. The minimum Gasteiger partial charge on any atom is -0.440 e. The number of benzene rings is 1. The number of rotatable bonds is 3. The van der Waals surface area contributed by atoms with Crippen LogP contribution in [0.15, 0.2) is 28.7 Å². The zero-order chi connectivity index (χ0) is 17.2. The number of likely N-dealkylation sites (tertiary alicyclic amines) is 2. The van der Waals surface area contributed by atoms with Crippen molar-refractivity contribution >= 4 is 17.0 Å². The summed E-state index contributed by atoms with van der Waals surface area (Å²) in [6.07, 6.45) is 5.29. The molecule has 0 unspecified atom stereocenters. The first kappa shape index (κ1) is 16.6. The molecule has 0 saturated carbocycles. The van der Waals surface area contributed by atoms with E-state index >= 15 is 0 Å². The Morgan fingerprint density at radius 3 is 2.72 bits per heavy atom. The molecule has 0 radical (unpaired) electrons. The highest BCUT2D eigenvalue weighted by Crippen LogP contribution is 2.31. The van der Waals surface area contributed by atoms with Gasteiger partial charge in [-0.15, -0.1) is 0 Å². The van der Waals surface area contributed by atoms with Crippen molar-refractivity contribution in [2.45, 2.75) is 51.0 Å². The number of hydrogen-bond acceptors (Lipinski definition) is 4. The average molecular weight is 341 g/mol. The Balaban J connectivity index is 1.40. The molecule has 0 N–H and O–H groups in total. The molecule has 2 aromatic rings. The Hall–Kier alpha value is -1.88. The number of carbonyl (C=O) groups is 1. The van der Waals surface area contributed by atoms with Crippen molar-refractivity contribution in [3.8, 4) is 0 Å². The fraction of sp³-hybridized carbons (Fsp3) is 0.600. The number of fused-ring (bicyclic) bond motifs is 1. The number of likely N-dealkylation sites (N-methyl/N-ethyl adjacent to an activating group) is 1. The van der Waals surface area contributed by atoms with Crippen molar-refractivity contribution in [2.75, 3.05) is 26.2 Å². The van der Waals surface area contributed by atoms with Crippen LogP contribution in [0.4, 0.5) is 0 Å². The third-order valence-electron chi connectivity index (χ3n) is 5.77. The SMILES string of the molecule is CCN1CCCC[C@@H]1C(=O)N1CCC(c2nc3ccccc3o2)CC1. The van der Waals surface area contributed by atoms with Crippen LogP contribution in [-0.2, 0) is 4.79 Å². The Morgan fingerprint density at radius 1 is 1.16 bits per heavy atom. The molecule has 0 spiro atoms. The van der Waals surface area contributed by atoms with Crippen molar-refractivity contribution in [2.24, 2.45) is 0 Å². The number of nitrogens with zero attached hydrogens (tertiary/aromatic N) is 3. The van der Waals surface area contributed by atoms with E-state index in [9.17, 15) is 4.79 Å². The Bertz CT molecular complexity index is 700. The zero-order valence-corrected chi connectivity index (χ0v) is 15.0. The topological polar surface area (TPSA) is 49.6 Å². The number of piperidine rings is 2. The smallest absolute Gasteiger partial charge is 0.239 e. The first-order valence-corrected chi connectivity index (χ1v) is 9.64. The number of amides is 1. The average Bonchev–Trinajstić information content (AvgIpc) is 3.12. The Labute approximate surface area is 149 Å². The van der Waals surface area contributed by atoms with Gasteiger partial charge in [-0.25, -0.2) is 4.98 Å². The maximum Gasteiger partial charge on any atom is 0.239 e. The molecule has 0 bridgehead atoms. The summed E-state index contributed by atoms with van der Waals surface area (Å²) in [7, 11) is 0. The molecule has 5 nitrogen and oxygen atoms in total. The third kappa shape index (κ3) is 3.30. The van der Waals surface area contributed by atoms with Crippen LogP contribution in [0.5, 0.6) is 0 Å². The van der Waals surface area contributed by atoms with Gasteiger partial charge in [0.2, 0.25) is 5.91 Å². The number of aromatic nitrogens is 1. The highest BCUT2D eigenvalue weighted by molar-refractivity contribution is 5.82. The number of carbonyl (C=O) groups excluding carboxylic acids is 1. The number of oxazole rings is 1. The molecule has 134 valence electrons. The van der Waals surface area contributed by atoms with Crippen molar-refractivity contribution in [3.05, 3.63) is 30.2 Å². The number of hydrogen-bond donors (Lipinski definition) is 0. The summed E-state index contributed by atoms with van der Waals surface area (Å²) in [5, 5.41) is 0. The van der Waals surface area contributed by atoms with E-state index in [1.807, 2.05) is 24.3 Å². The predicted molar refractivity (Wildman–Crippen MR) is 97.5 cm³/mol. The summed E-state index contributed by atoms with van der Waals surface area (Å²) < 4.78 is 5.93. The fourth-order valence-electron chi connectivity index (χ4n) is 4.27. The Kier molecular flexibility index (Phi) is 4.75. The maximum absolute atomic E-state index is 13.0. The third-order valence-corrected chi connectivity index (χ3v) is 5.77. The molecule has 2 fully saturated rings. The predicted octanol–water partition coefficient (Wildman–Crippen LogP) is 3.41. The van der Waals surface area contributed by atoms with E-state index < -0.39 is 0 Å². The summed E-state index contributed by atoms with van der Waals surface area (Å²) in [6.45, 7) is 5.82. The molecule has 3 heterocycles. The molecule has 0 aliphatic carbocycles. The molecular weight excluding hydrogens is 314 g/mol. The largest absolute Gasteiger partial charge is 0.440 e. The van der Waals surface area contributed by atoms with Gasteiger partial charge in [0.15, 0.2) is 11.5 Å². The number of para-hydroxylation sites is 2. The van der Waals surface area contributed by atoms with E-state index in [1.54, 1.807) is 0 Å². The highest BCUT2D eigenvalue weighted by atomic mass is 16.3. The molecule has 2 aliphatic heterocycles. The van der Waals surface area contributed by atoms with Crippen LogP contribution in [-0.4, -0.2) is 52.9 Å². The summed E-state index contributed by atoms with van der Waals surface area (Å²) in [4.78, 5) is 22.0. The van der Waals surface area contributed by atoms with Crippen LogP contribution in [0, 0.1) is 0 Å². The van der Waals surface area contributed by atoms with E-state index in [0.717, 1.165) is 62.4 Å². The quantitative estimate of drug-likeness (QED) is 0.858. The minimum atomic E-state index is 0.0969. The molecule has 2 aliphatic rings. The highest BCUT2D eigenvalue weighted by Gasteiger charge is 2.34. The lowest BCUT2D eigenvalue weighted by Gasteiger charge is -2.39. The van der Waals surface area contributed by atoms with Crippen molar-refractivity contribution in [1.82, 2.24) is 14.8 Å². The molecule has 1 amide bonds. The lowest BCUT2D eigenvalue weighted by molar-refractivity contribution is -0.139. The van der Waals surface area contributed by atoms with Gasteiger partial charge < -0.3 is 9.32 Å². The fourth-order valence-corrected chi connectivity index (χ4v) is 4.27. The van der Waals surface area contributed by atoms with E-state index in [0.29, 0.717) is 11.8 Å². The van der Waals surface area contributed by atoms with Crippen LogP contribution in [0.3, 0.4) is 0 Å². The summed E-state index contributed by atoms with van der Waals surface area (Å²) in [5.74, 6) is 1.49. The van der Waals surface area contributed by atoms with Gasteiger partial charge in [-0.05, 0) is 50.9 Å². The molecular formula is C20H27N3O2. The molecule has 2 saturated heterocycles. The summed E-state index contributed by atoms with van der Waals surface area (Å²) in [6, 6.07) is 8.01. The van der Waals surface area contributed by atoms with E-state index in [4.69, 9.17) is 4.42 Å². The molecule has 1 atom stereocenters. The second-order valence-corrected chi connectivity index (χ2v) is 7.26. The van der Waals surface area contributed by atoms with Gasteiger partial charge >= 0.3 is 0 Å². The molecule has 5 heteroatoms. The summed E-state index contributed by atoms with van der Waals surface area (Å²) >= 11 is 0. The second kappa shape index (κ2) is 7.16. The normalized spacial score (nSPS) is 23.2. The Morgan fingerprint density at radius 2 is 1.96 bits per heavy atom. The van der Waals surface area contributed by atoms with Gasteiger partial charge in [0.1, 0.15) is 5.52 Å². The van der Waals surface area contributed by atoms with Crippen LogP contribution < -0.4 is 0 Å². The first-order chi connectivity index (χ1) is 12.3. The van der Waals surface area contributed by atoms with Gasteiger partial charge in [0.05, 0.1) is 6.04 Å². The monoisotopic (exact) mass is 341 g/mol. The lowest BCUT2D eigenvalue weighted by Crippen LogP contribution is -2.52. The molecule has 1 aromatic heterocycles. The van der Waals surface area contributed by atoms with Gasteiger partial charge in [-0.3, -0.25) is 9.69 Å².